The molecule has 2 aliphatic heterocycles. The lowest BCUT2D eigenvalue weighted by molar-refractivity contribution is -0.140. The topological polar surface area (TPSA) is 216 Å². The van der Waals surface area contributed by atoms with Gasteiger partial charge in [0.25, 0.3) is 11.8 Å². The monoisotopic (exact) mass is 475 g/mol. The van der Waals surface area contributed by atoms with E-state index in [0.717, 1.165) is 0 Å². The average Bonchev–Trinajstić information content (AvgIpc) is 2.79. The van der Waals surface area contributed by atoms with E-state index in [4.69, 9.17) is 10.8 Å². The summed E-state index contributed by atoms with van der Waals surface area (Å²) in [4.78, 5) is 63.7. The first kappa shape index (κ1) is 24.4. The molecule has 1 saturated heterocycles. The number of nitrogens with one attached hydrogen (secondary N) is 4. The third-order valence-corrected chi connectivity index (χ3v) is 5.46. The van der Waals surface area contributed by atoms with Crippen LogP contribution in [0.5, 0.6) is 0 Å². The van der Waals surface area contributed by atoms with E-state index >= 15 is 0 Å². The van der Waals surface area contributed by atoms with Crippen LogP contribution in [0.1, 0.15) is 23.2 Å². The Morgan fingerprint density at radius 1 is 1.26 bits per heavy atom. The van der Waals surface area contributed by atoms with Gasteiger partial charge in [-0.25, -0.2) is 9.79 Å². The number of fused-ring (bicyclic) bond motifs is 1. The molecule has 182 valence electrons. The minimum atomic E-state index is -1.32. The standard InChI is InChI=1S/C20H25N7O7/c21-20-25-16-15(18(32)26-20)27(9-28)12(8-23-16)7-22-11-3-1-10(2-4-11)17(31)24-13(19(33)34)5-6-14(29)30/h1-4,9,12-13,15-16,22-23H,5-8H2,(H,24,31)(H,29,30)(H,33,34)(H3,21,25,26,32)/t12-,13+,15+,16+/m1/s1. The molecule has 1 aromatic rings. The largest absolute Gasteiger partial charge is 0.481 e. The number of rotatable bonds is 10. The predicted molar refractivity (Wildman–Crippen MR) is 118 cm³/mol. The van der Waals surface area contributed by atoms with Crippen molar-refractivity contribution < 1.29 is 34.2 Å². The van der Waals surface area contributed by atoms with Gasteiger partial charge < -0.3 is 31.5 Å². The van der Waals surface area contributed by atoms with E-state index in [-0.39, 0.29) is 24.0 Å². The summed E-state index contributed by atoms with van der Waals surface area (Å²) >= 11 is 0. The van der Waals surface area contributed by atoms with Crippen molar-refractivity contribution in [2.24, 2.45) is 10.7 Å². The van der Waals surface area contributed by atoms with Crippen molar-refractivity contribution in [1.29, 1.82) is 0 Å². The van der Waals surface area contributed by atoms with E-state index in [2.05, 4.69) is 26.3 Å². The van der Waals surface area contributed by atoms with Crippen LogP contribution in [0.25, 0.3) is 0 Å². The molecule has 2 aliphatic rings. The summed E-state index contributed by atoms with van der Waals surface area (Å²) in [6.45, 7) is 0.660. The van der Waals surface area contributed by atoms with E-state index in [1.165, 1.54) is 17.0 Å². The minimum absolute atomic E-state index is 0.0122. The summed E-state index contributed by atoms with van der Waals surface area (Å²) in [5.41, 5.74) is 6.39. The molecule has 1 fully saturated rings. The van der Waals surface area contributed by atoms with Crippen LogP contribution in [0, 0.1) is 0 Å². The highest BCUT2D eigenvalue weighted by atomic mass is 16.4. The van der Waals surface area contributed by atoms with Crippen molar-refractivity contribution in [1.82, 2.24) is 20.9 Å². The second-order valence-electron chi connectivity index (χ2n) is 7.76. The fourth-order valence-electron chi connectivity index (χ4n) is 3.71. The van der Waals surface area contributed by atoms with Gasteiger partial charge in [-0.1, -0.05) is 0 Å². The highest BCUT2D eigenvalue weighted by molar-refractivity contribution is 6.02. The minimum Gasteiger partial charge on any atom is -0.481 e. The number of guanidine groups is 1. The highest BCUT2D eigenvalue weighted by Gasteiger charge is 2.43. The Hall–Kier alpha value is -4.20. The number of hydrogen-bond donors (Lipinski definition) is 7. The number of carboxylic acid groups (broad SMARTS) is 2. The second kappa shape index (κ2) is 10.6. The molecular weight excluding hydrogens is 450 g/mol. The summed E-state index contributed by atoms with van der Waals surface area (Å²) in [5, 5.41) is 28.8. The number of amides is 3. The van der Waals surface area contributed by atoms with Gasteiger partial charge in [-0.2, -0.15) is 0 Å². The Morgan fingerprint density at radius 2 is 1.97 bits per heavy atom. The second-order valence-corrected chi connectivity index (χ2v) is 7.76. The number of hydrogen-bond acceptors (Lipinski definition) is 9. The number of nitrogens with two attached hydrogens (primary N) is 1. The summed E-state index contributed by atoms with van der Waals surface area (Å²) in [6, 6.07) is 3.64. The average molecular weight is 475 g/mol. The molecule has 3 amide bonds. The molecule has 0 radical (unpaired) electrons. The molecule has 2 heterocycles. The van der Waals surface area contributed by atoms with Crippen molar-refractivity contribution in [2.75, 3.05) is 18.4 Å². The first-order valence-corrected chi connectivity index (χ1v) is 10.4. The lowest BCUT2D eigenvalue weighted by Crippen LogP contribution is -2.70. The molecule has 0 saturated carbocycles. The Kier molecular flexibility index (Phi) is 7.63. The van der Waals surface area contributed by atoms with E-state index in [0.29, 0.717) is 25.2 Å². The zero-order chi connectivity index (χ0) is 24.8. The SMILES string of the molecule is NC1=N[C@@H]2NC[C@@H](CNc3ccc(C(=O)N[C@@H](CCC(=O)O)C(=O)O)cc3)N(C=O)[C@@H]2C(=O)N1. The zero-order valence-corrected chi connectivity index (χ0v) is 17.9. The Morgan fingerprint density at radius 3 is 2.59 bits per heavy atom. The molecule has 34 heavy (non-hydrogen) atoms. The van der Waals surface area contributed by atoms with Crippen molar-refractivity contribution in [3.63, 3.8) is 0 Å². The Labute approximate surface area is 193 Å². The van der Waals surface area contributed by atoms with Crippen LogP contribution in [0.15, 0.2) is 29.3 Å². The predicted octanol–water partition coefficient (Wildman–Crippen LogP) is -2.28. The highest BCUT2D eigenvalue weighted by Crippen LogP contribution is 2.18. The van der Waals surface area contributed by atoms with Gasteiger partial charge in [-0.05, 0) is 30.7 Å². The maximum Gasteiger partial charge on any atom is 0.326 e. The molecule has 14 heteroatoms. The number of piperazine rings is 1. The number of aliphatic carboxylic acids is 2. The van der Waals surface area contributed by atoms with Gasteiger partial charge in [0.15, 0.2) is 5.96 Å². The number of anilines is 1. The summed E-state index contributed by atoms with van der Waals surface area (Å²) in [7, 11) is 0. The Bertz CT molecular complexity index is 997. The molecule has 14 nitrogen and oxygen atoms in total. The quantitative estimate of drug-likeness (QED) is 0.180. The summed E-state index contributed by atoms with van der Waals surface area (Å²) in [6.07, 6.45) is -0.663. The third-order valence-electron chi connectivity index (χ3n) is 5.46. The van der Waals surface area contributed by atoms with Crippen LogP contribution in [0.2, 0.25) is 0 Å². The smallest absolute Gasteiger partial charge is 0.326 e. The van der Waals surface area contributed by atoms with Gasteiger partial charge in [-0.15, -0.1) is 0 Å². The van der Waals surface area contributed by atoms with Gasteiger partial charge in [-0.3, -0.25) is 29.8 Å². The molecule has 0 aromatic heterocycles. The van der Waals surface area contributed by atoms with E-state index in [9.17, 15) is 29.1 Å². The molecule has 1 aromatic carbocycles. The lowest BCUT2D eigenvalue weighted by Gasteiger charge is -2.44. The summed E-state index contributed by atoms with van der Waals surface area (Å²) < 4.78 is 0. The zero-order valence-electron chi connectivity index (χ0n) is 17.9. The lowest BCUT2D eigenvalue weighted by atomic mass is 10.0. The van der Waals surface area contributed by atoms with E-state index in [1.807, 2.05) is 0 Å². The number of nitrogens with zero attached hydrogens (tertiary/aromatic N) is 2. The number of benzene rings is 1. The number of aliphatic imine (C=N–C) groups is 1. The first-order chi connectivity index (χ1) is 16.2. The number of carbonyl (C=O) groups excluding carboxylic acids is 3. The first-order valence-electron chi connectivity index (χ1n) is 10.4. The van der Waals surface area contributed by atoms with Crippen molar-refractivity contribution in [3.05, 3.63) is 29.8 Å². The van der Waals surface area contributed by atoms with E-state index < -0.39 is 48.4 Å². The molecule has 0 unspecified atom stereocenters. The van der Waals surface area contributed by atoms with Crippen LogP contribution < -0.4 is 27.0 Å². The molecule has 0 spiro atoms. The molecule has 0 aliphatic carbocycles. The maximum absolute atomic E-state index is 12.3. The van der Waals surface area contributed by atoms with Crippen molar-refractivity contribution >= 4 is 41.8 Å². The van der Waals surface area contributed by atoms with Crippen LogP contribution in [-0.4, -0.2) is 88.6 Å². The fourth-order valence-corrected chi connectivity index (χ4v) is 3.71. The van der Waals surface area contributed by atoms with Gasteiger partial charge in [0, 0.05) is 30.8 Å². The summed E-state index contributed by atoms with van der Waals surface area (Å²) in [5.74, 6) is -3.58. The third kappa shape index (κ3) is 5.78. The fraction of sp³-hybridized carbons (Fsp3) is 0.400. The van der Waals surface area contributed by atoms with Crippen molar-refractivity contribution in [2.45, 2.75) is 37.1 Å². The normalized spacial score (nSPS) is 22.5. The molecule has 8 N–H and O–H groups in total. The van der Waals surface area contributed by atoms with Gasteiger partial charge in [0.1, 0.15) is 18.2 Å². The van der Waals surface area contributed by atoms with Crippen LogP contribution in [0.3, 0.4) is 0 Å². The number of carboxylic acids is 2. The maximum atomic E-state index is 12.3. The number of carbonyl (C=O) groups is 5. The molecule has 0 bridgehead atoms. The van der Waals surface area contributed by atoms with E-state index in [1.54, 1.807) is 12.1 Å². The molecule has 3 rings (SSSR count). The molecule has 4 atom stereocenters. The van der Waals surface area contributed by atoms with Crippen LogP contribution in [-0.2, 0) is 19.2 Å². The van der Waals surface area contributed by atoms with Crippen LogP contribution in [0.4, 0.5) is 5.69 Å². The van der Waals surface area contributed by atoms with Crippen LogP contribution >= 0.6 is 0 Å². The Balaban J connectivity index is 1.58. The molecular formula is C20H25N7O7. The van der Waals surface area contributed by atoms with Gasteiger partial charge in [0.05, 0.1) is 6.04 Å². The van der Waals surface area contributed by atoms with Gasteiger partial charge in [0.2, 0.25) is 6.41 Å². The van der Waals surface area contributed by atoms with Crippen molar-refractivity contribution in [3.8, 4) is 0 Å². The van der Waals surface area contributed by atoms with Gasteiger partial charge >= 0.3 is 11.9 Å².